The summed E-state index contributed by atoms with van der Waals surface area (Å²) in [4.78, 5) is 24.5. The minimum Gasteiger partial charge on any atom is -0.464 e. The lowest BCUT2D eigenvalue weighted by atomic mass is 10.4. The highest BCUT2D eigenvalue weighted by Crippen LogP contribution is 2.14. The average Bonchev–Trinajstić information content (AvgIpc) is 2.73. The van der Waals surface area contributed by atoms with Gasteiger partial charge in [0.1, 0.15) is 6.54 Å². The first kappa shape index (κ1) is 13.7. The van der Waals surface area contributed by atoms with Gasteiger partial charge in [-0.1, -0.05) is 13.3 Å². The van der Waals surface area contributed by atoms with Gasteiger partial charge in [0.05, 0.1) is 11.5 Å². The van der Waals surface area contributed by atoms with Crippen LogP contribution in [0, 0.1) is 6.92 Å². The molecule has 0 unspecified atom stereocenters. The summed E-state index contributed by atoms with van der Waals surface area (Å²) in [5, 5.41) is 2.54. The van der Waals surface area contributed by atoms with Crippen molar-refractivity contribution in [3.8, 4) is 0 Å². The predicted octanol–water partition coefficient (Wildman–Crippen LogP) is 2.13. The number of amides is 1. The van der Waals surface area contributed by atoms with Gasteiger partial charge in [0.25, 0.3) is 5.91 Å². The first-order valence-corrected chi connectivity index (χ1v) is 6.45. The van der Waals surface area contributed by atoms with Crippen molar-refractivity contribution in [2.75, 3.05) is 13.2 Å². The maximum atomic E-state index is 11.6. The topological polar surface area (TPSA) is 55.4 Å². The fourth-order valence-corrected chi connectivity index (χ4v) is 1.96. The number of aryl methyl sites for hydroxylation is 1. The number of thiophene rings is 1. The molecule has 0 aliphatic carbocycles. The summed E-state index contributed by atoms with van der Waals surface area (Å²) in [7, 11) is 0. The Morgan fingerprint density at radius 1 is 1.41 bits per heavy atom. The number of hydrogen-bond acceptors (Lipinski definition) is 4. The highest BCUT2D eigenvalue weighted by Gasteiger charge is 2.10. The maximum absolute atomic E-state index is 11.6. The molecule has 0 saturated carbocycles. The number of unbranched alkanes of at least 4 members (excludes halogenated alkanes) is 1. The molecule has 0 fully saturated rings. The maximum Gasteiger partial charge on any atom is 0.325 e. The quantitative estimate of drug-likeness (QED) is 0.626. The third-order valence-corrected chi connectivity index (χ3v) is 3.12. The van der Waals surface area contributed by atoms with Crippen LogP contribution in [0.1, 0.15) is 34.3 Å². The molecule has 0 atom stereocenters. The lowest BCUT2D eigenvalue weighted by Gasteiger charge is -2.04. The fourth-order valence-electron chi connectivity index (χ4n) is 1.18. The summed E-state index contributed by atoms with van der Waals surface area (Å²) < 4.78 is 4.92. The molecule has 0 spiro atoms. The van der Waals surface area contributed by atoms with E-state index in [0.29, 0.717) is 11.5 Å². The number of rotatable bonds is 6. The smallest absolute Gasteiger partial charge is 0.325 e. The zero-order valence-electron chi connectivity index (χ0n) is 10.1. The van der Waals surface area contributed by atoms with E-state index >= 15 is 0 Å². The van der Waals surface area contributed by atoms with Crippen molar-refractivity contribution in [3.63, 3.8) is 0 Å². The molecule has 0 radical (unpaired) electrons. The average molecular weight is 255 g/mol. The molecule has 1 aromatic rings. The number of carbonyl (C=O) groups is 2. The van der Waals surface area contributed by atoms with Gasteiger partial charge in [-0.25, -0.2) is 0 Å². The van der Waals surface area contributed by atoms with Crippen LogP contribution >= 0.6 is 11.3 Å². The van der Waals surface area contributed by atoms with E-state index in [1.807, 2.05) is 19.9 Å². The largest absolute Gasteiger partial charge is 0.464 e. The molecule has 0 saturated heterocycles. The number of esters is 1. The summed E-state index contributed by atoms with van der Waals surface area (Å²) >= 11 is 1.40. The Bertz CT molecular complexity index is 387. The van der Waals surface area contributed by atoms with Gasteiger partial charge < -0.3 is 10.1 Å². The van der Waals surface area contributed by atoms with Gasteiger partial charge in [-0.2, -0.15) is 0 Å². The molecule has 5 heteroatoms. The van der Waals surface area contributed by atoms with Gasteiger partial charge in [0.15, 0.2) is 0 Å². The van der Waals surface area contributed by atoms with Crippen LogP contribution in [0.15, 0.2) is 12.1 Å². The Labute approximate surface area is 105 Å². The van der Waals surface area contributed by atoms with Crippen LogP contribution in [0.3, 0.4) is 0 Å². The van der Waals surface area contributed by atoms with E-state index < -0.39 is 0 Å². The molecule has 1 rings (SSSR count). The van der Waals surface area contributed by atoms with Gasteiger partial charge in [-0.3, -0.25) is 9.59 Å². The molecule has 1 aromatic heterocycles. The molecule has 0 aromatic carbocycles. The summed E-state index contributed by atoms with van der Waals surface area (Å²) in [6.45, 7) is 4.30. The molecular weight excluding hydrogens is 238 g/mol. The Kier molecular flexibility index (Phi) is 5.69. The molecule has 0 bridgehead atoms. The molecule has 17 heavy (non-hydrogen) atoms. The van der Waals surface area contributed by atoms with E-state index in [1.165, 1.54) is 11.3 Å². The lowest BCUT2D eigenvalue weighted by molar-refractivity contribution is -0.142. The van der Waals surface area contributed by atoms with Crippen molar-refractivity contribution in [1.29, 1.82) is 0 Å². The molecular formula is C12H17NO3S. The Morgan fingerprint density at radius 3 is 2.76 bits per heavy atom. The van der Waals surface area contributed by atoms with Crippen LogP contribution in [-0.4, -0.2) is 25.0 Å². The van der Waals surface area contributed by atoms with Crippen molar-refractivity contribution >= 4 is 23.2 Å². The van der Waals surface area contributed by atoms with Gasteiger partial charge in [-0.15, -0.1) is 11.3 Å². The number of hydrogen-bond donors (Lipinski definition) is 1. The molecule has 4 nitrogen and oxygen atoms in total. The highest BCUT2D eigenvalue weighted by atomic mass is 32.1. The normalized spacial score (nSPS) is 10.0. The molecule has 0 aliphatic rings. The summed E-state index contributed by atoms with van der Waals surface area (Å²) in [5.74, 6) is -0.615. The fraction of sp³-hybridized carbons (Fsp3) is 0.500. The van der Waals surface area contributed by atoms with Crippen molar-refractivity contribution in [2.24, 2.45) is 0 Å². The second kappa shape index (κ2) is 7.06. The zero-order chi connectivity index (χ0) is 12.7. The molecule has 94 valence electrons. The second-order valence-electron chi connectivity index (χ2n) is 3.67. The van der Waals surface area contributed by atoms with Gasteiger partial charge in [0.2, 0.25) is 0 Å². The Morgan fingerprint density at radius 2 is 2.18 bits per heavy atom. The monoisotopic (exact) mass is 255 g/mol. The molecule has 1 N–H and O–H groups in total. The third kappa shape index (κ3) is 4.99. The van der Waals surface area contributed by atoms with Crippen LogP contribution in [0.2, 0.25) is 0 Å². The highest BCUT2D eigenvalue weighted by molar-refractivity contribution is 7.13. The second-order valence-corrected chi connectivity index (χ2v) is 4.95. The summed E-state index contributed by atoms with van der Waals surface area (Å²) in [6, 6.07) is 3.62. The van der Waals surface area contributed by atoms with E-state index in [2.05, 4.69) is 5.32 Å². The van der Waals surface area contributed by atoms with E-state index in [9.17, 15) is 9.59 Å². The van der Waals surface area contributed by atoms with E-state index in [1.54, 1.807) is 6.07 Å². The SMILES string of the molecule is CCCCOC(=O)CNC(=O)c1ccc(C)s1. The minimum atomic E-state index is -0.389. The van der Waals surface area contributed by atoms with Crippen molar-refractivity contribution < 1.29 is 14.3 Å². The Hall–Kier alpha value is -1.36. The first-order chi connectivity index (χ1) is 8.13. The molecule has 1 amide bonds. The number of carbonyl (C=O) groups excluding carboxylic acids is 2. The van der Waals surface area contributed by atoms with E-state index in [-0.39, 0.29) is 18.4 Å². The van der Waals surface area contributed by atoms with Crippen LogP contribution < -0.4 is 5.32 Å². The molecule has 1 heterocycles. The van der Waals surface area contributed by atoms with Crippen LogP contribution in [-0.2, 0) is 9.53 Å². The zero-order valence-corrected chi connectivity index (χ0v) is 10.9. The van der Waals surface area contributed by atoms with Gasteiger partial charge in [0, 0.05) is 4.88 Å². The standard InChI is InChI=1S/C12H17NO3S/c1-3-4-7-16-11(14)8-13-12(15)10-6-5-9(2)17-10/h5-6H,3-4,7-8H2,1-2H3,(H,13,15). The van der Waals surface area contributed by atoms with E-state index in [0.717, 1.165) is 17.7 Å². The van der Waals surface area contributed by atoms with Crippen LogP contribution in [0.25, 0.3) is 0 Å². The third-order valence-electron chi connectivity index (χ3n) is 2.12. The van der Waals surface area contributed by atoms with Crippen molar-refractivity contribution in [2.45, 2.75) is 26.7 Å². The first-order valence-electron chi connectivity index (χ1n) is 5.63. The number of ether oxygens (including phenoxy) is 1. The minimum absolute atomic E-state index is 0.0699. The van der Waals surface area contributed by atoms with Crippen molar-refractivity contribution in [3.05, 3.63) is 21.9 Å². The summed E-state index contributed by atoms with van der Waals surface area (Å²) in [5.41, 5.74) is 0. The van der Waals surface area contributed by atoms with Crippen LogP contribution in [0.5, 0.6) is 0 Å². The molecule has 0 aliphatic heterocycles. The number of nitrogens with one attached hydrogen (secondary N) is 1. The van der Waals surface area contributed by atoms with Crippen molar-refractivity contribution in [1.82, 2.24) is 5.32 Å². The van der Waals surface area contributed by atoms with Crippen LogP contribution in [0.4, 0.5) is 0 Å². The van der Waals surface area contributed by atoms with Gasteiger partial charge in [-0.05, 0) is 25.5 Å². The Balaban J connectivity index is 2.26. The summed E-state index contributed by atoms with van der Waals surface area (Å²) in [6.07, 6.45) is 1.83. The lowest BCUT2D eigenvalue weighted by Crippen LogP contribution is -2.30. The van der Waals surface area contributed by atoms with E-state index in [4.69, 9.17) is 4.74 Å². The van der Waals surface area contributed by atoms with Gasteiger partial charge >= 0.3 is 5.97 Å². The predicted molar refractivity (Wildman–Crippen MR) is 67.3 cm³/mol.